The number of halogens is 1. The van der Waals surface area contributed by atoms with Crippen LogP contribution in [0.5, 0.6) is 5.75 Å². The van der Waals surface area contributed by atoms with Gasteiger partial charge in [-0.3, -0.25) is 0 Å². The van der Waals surface area contributed by atoms with Gasteiger partial charge in [0.1, 0.15) is 5.75 Å². The summed E-state index contributed by atoms with van der Waals surface area (Å²) in [5, 5.41) is 12.7. The van der Waals surface area contributed by atoms with Crippen LogP contribution in [-0.2, 0) is 6.54 Å². The second-order valence-electron chi connectivity index (χ2n) is 3.44. The average molecular weight is 283 g/mol. The number of methoxy groups -OCH3 is 1. The molecular weight excluding hydrogens is 268 g/mol. The third-order valence-corrected chi connectivity index (χ3v) is 3.06. The molecule has 3 nitrogen and oxygen atoms in total. The Hall–Kier alpha value is -1.05. The van der Waals surface area contributed by atoms with Crippen LogP contribution < -0.4 is 10.1 Å². The van der Waals surface area contributed by atoms with Gasteiger partial charge in [0.05, 0.1) is 19.6 Å². The zero-order chi connectivity index (χ0) is 11.8. The lowest BCUT2D eigenvalue weighted by Gasteiger charge is -2.12. The van der Waals surface area contributed by atoms with Gasteiger partial charge in [0, 0.05) is 17.9 Å². The molecular formula is C12H15BrN2O. The summed E-state index contributed by atoms with van der Waals surface area (Å²) in [5.74, 6) is 0.859. The highest BCUT2D eigenvalue weighted by Gasteiger charge is 2.05. The maximum atomic E-state index is 8.61. The highest BCUT2D eigenvalue weighted by atomic mass is 79.9. The van der Waals surface area contributed by atoms with Crippen LogP contribution in [-0.4, -0.2) is 18.5 Å². The fraction of sp³-hybridized carbons (Fsp3) is 0.417. The Morgan fingerprint density at radius 2 is 2.12 bits per heavy atom. The van der Waals surface area contributed by atoms with Crippen LogP contribution in [0.25, 0.3) is 0 Å². The largest absolute Gasteiger partial charge is 0.497 e. The molecule has 0 aliphatic rings. The molecule has 1 aromatic carbocycles. The quantitative estimate of drug-likeness (QED) is 0.816. The summed E-state index contributed by atoms with van der Waals surface area (Å²) in [7, 11) is 1.65. The molecule has 0 aromatic heterocycles. The van der Waals surface area contributed by atoms with Crippen molar-refractivity contribution in [3.8, 4) is 11.8 Å². The molecule has 0 heterocycles. The zero-order valence-corrected chi connectivity index (χ0v) is 10.8. The molecule has 1 N–H and O–H groups in total. The summed E-state index contributed by atoms with van der Waals surface area (Å²) in [5.41, 5.74) is 1.18. The lowest BCUT2D eigenvalue weighted by molar-refractivity contribution is 0.414. The molecule has 0 saturated carbocycles. The number of nitrogens with zero attached hydrogens (tertiary/aromatic N) is 1. The predicted molar refractivity (Wildman–Crippen MR) is 67.6 cm³/mol. The number of benzene rings is 1. The molecule has 1 atom stereocenters. The lowest BCUT2D eigenvalue weighted by Crippen LogP contribution is -2.29. The Morgan fingerprint density at radius 3 is 2.62 bits per heavy atom. The van der Waals surface area contributed by atoms with Crippen LogP contribution in [0.2, 0.25) is 0 Å². The predicted octanol–water partition coefficient (Wildman–Crippen LogP) is 2.46. The first-order chi connectivity index (χ1) is 7.80. The van der Waals surface area contributed by atoms with Crippen LogP contribution in [0.15, 0.2) is 24.3 Å². The van der Waals surface area contributed by atoms with E-state index in [1.54, 1.807) is 7.11 Å². The highest BCUT2D eigenvalue weighted by Crippen LogP contribution is 2.11. The lowest BCUT2D eigenvalue weighted by atomic mass is 10.2. The van der Waals surface area contributed by atoms with E-state index in [1.165, 1.54) is 5.56 Å². The minimum Gasteiger partial charge on any atom is -0.497 e. The van der Waals surface area contributed by atoms with Gasteiger partial charge in [0.25, 0.3) is 0 Å². The smallest absolute Gasteiger partial charge is 0.118 e. The number of hydrogen-bond acceptors (Lipinski definition) is 3. The molecule has 4 heteroatoms. The van der Waals surface area contributed by atoms with Crippen molar-refractivity contribution in [3.63, 3.8) is 0 Å². The standard InChI is InChI=1S/C12H15BrN2O/c1-16-12-4-2-10(3-5-12)9-15-11(8-13)6-7-14/h2-5,11,15H,6,8-9H2,1H3. The monoisotopic (exact) mass is 282 g/mol. The van der Waals surface area contributed by atoms with Crippen molar-refractivity contribution in [3.05, 3.63) is 29.8 Å². The number of nitriles is 1. The van der Waals surface area contributed by atoms with Gasteiger partial charge in [0.2, 0.25) is 0 Å². The van der Waals surface area contributed by atoms with Crippen molar-refractivity contribution in [2.24, 2.45) is 0 Å². The number of rotatable bonds is 6. The molecule has 0 radical (unpaired) electrons. The molecule has 0 amide bonds. The molecule has 0 saturated heterocycles. The van der Waals surface area contributed by atoms with Crippen LogP contribution in [0, 0.1) is 11.3 Å². The van der Waals surface area contributed by atoms with E-state index in [9.17, 15) is 0 Å². The molecule has 0 bridgehead atoms. The van der Waals surface area contributed by atoms with Crippen LogP contribution in [0.1, 0.15) is 12.0 Å². The second kappa shape index (κ2) is 7.26. The average Bonchev–Trinajstić information content (AvgIpc) is 2.35. The fourth-order valence-electron chi connectivity index (χ4n) is 1.30. The fourth-order valence-corrected chi connectivity index (χ4v) is 1.75. The Balaban J connectivity index is 2.44. The van der Waals surface area contributed by atoms with Gasteiger partial charge in [-0.25, -0.2) is 0 Å². The van der Waals surface area contributed by atoms with Gasteiger partial charge in [-0.05, 0) is 17.7 Å². The number of nitrogens with one attached hydrogen (secondary N) is 1. The van der Waals surface area contributed by atoms with E-state index < -0.39 is 0 Å². The summed E-state index contributed by atoms with van der Waals surface area (Å²) in [6, 6.07) is 10.3. The number of hydrogen-bond donors (Lipinski definition) is 1. The van der Waals surface area contributed by atoms with Crippen molar-refractivity contribution >= 4 is 15.9 Å². The van der Waals surface area contributed by atoms with Gasteiger partial charge >= 0.3 is 0 Å². The molecule has 0 aliphatic carbocycles. The summed E-state index contributed by atoms with van der Waals surface area (Å²) in [6.45, 7) is 0.766. The topological polar surface area (TPSA) is 45.0 Å². The zero-order valence-electron chi connectivity index (χ0n) is 9.24. The molecule has 0 spiro atoms. The van der Waals surface area contributed by atoms with Gasteiger partial charge in [-0.1, -0.05) is 28.1 Å². The SMILES string of the molecule is COc1ccc(CNC(CBr)CC#N)cc1. The summed E-state index contributed by atoms with van der Waals surface area (Å²) in [4.78, 5) is 0. The molecule has 86 valence electrons. The van der Waals surface area contributed by atoms with E-state index in [4.69, 9.17) is 10.00 Å². The Bertz CT molecular complexity index is 345. The Morgan fingerprint density at radius 1 is 1.44 bits per heavy atom. The molecule has 1 rings (SSSR count). The number of ether oxygens (including phenoxy) is 1. The van der Waals surface area contributed by atoms with Crippen molar-refractivity contribution in [2.45, 2.75) is 19.0 Å². The van der Waals surface area contributed by atoms with E-state index in [1.807, 2.05) is 24.3 Å². The van der Waals surface area contributed by atoms with E-state index >= 15 is 0 Å². The normalized spacial score (nSPS) is 11.8. The second-order valence-corrected chi connectivity index (χ2v) is 4.09. The minimum absolute atomic E-state index is 0.201. The van der Waals surface area contributed by atoms with E-state index in [-0.39, 0.29) is 6.04 Å². The maximum Gasteiger partial charge on any atom is 0.118 e. The molecule has 0 fully saturated rings. The molecule has 16 heavy (non-hydrogen) atoms. The molecule has 1 unspecified atom stereocenters. The Labute approximate surface area is 105 Å². The van der Waals surface area contributed by atoms with Gasteiger partial charge in [0.15, 0.2) is 0 Å². The van der Waals surface area contributed by atoms with Gasteiger partial charge < -0.3 is 10.1 Å². The molecule has 1 aromatic rings. The van der Waals surface area contributed by atoms with Crippen LogP contribution >= 0.6 is 15.9 Å². The Kier molecular flexibility index (Phi) is 5.91. The van der Waals surface area contributed by atoms with Crippen LogP contribution in [0.3, 0.4) is 0 Å². The highest BCUT2D eigenvalue weighted by molar-refractivity contribution is 9.09. The van der Waals surface area contributed by atoms with E-state index in [0.717, 1.165) is 17.6 Å². The molecule has 0 aliphatic heterocycles. The number of alkyl halides is 1. The van der Waals surface area contributed by atoms with Gasteiger partial charge in [-0.2, -0.15) is 5.26 Å². The minimum atomic E-state index is 0.201. The van der Waals surface area contributed by atoms with Gasteiger partial charge in [-0.15, -0.1) is 0 Å². The van der Waals surface area contributed by atoms with E-state index in [2.05, 4.69) is 27.3 Å². The van der Waals surface area contributed by atoms with E-state index in [0.29, 0.717) is 6.42 Å². The third-order valence-electron chi connectivity index (χ3n) is 2.28. The van der Waals surface area contributed by atoms with Crippen molar-refractivity contribution in [1.29, 1.82) is 5.26 Å². The van der Waals surface area contributed by atoms with Crippen molar-refractivity contribution < 1.29 is 4.74 Å². The first-order valence-corrected chi connectivity index (χ1v) is 6.21. The first kappa shape index (κ1) is 13.0. The van der Waals surface area contributed by atoms with Crippen molar-refractivity contribution in [1.82, 2.24) is 5.32 Å². The van der Waals surface area contributed by atoms with Crippen LogP contribution in [0.4, 0.5) is 0 Å². The summed E-state index contributed by atoms with van der Waals surface area (Å²) in [6.07, 6.45) is 0.515. The van der Waals surface area contributed by atoms with Crippen molar-refractivity contribution in [2.75, 3.05) is 12.4 Å². The third kappa shape index (κ3) is 4.21. The summed E-state index contributed by atoms with van der Waals surface area (Å²) < 4.78 is 5.08. The first-order valence-electron chi connectivity index (χ1n) is 5.09. The summed E-state index contributed by atoms with van der Waals surface area (Å²) >= 11 is 3.38. The maximum absolute atomic E-state index is 8.61.